The Morgan fingerprint density at radius 1 is 1.17 bits per heavy atom. The van der Waals surface area contributed by atoms with Crippen LogP contribution in [0.25, 0.3) is 0 Å². The van der Waals surface area contributed by atoms with Gasteiger partial charge in [0.2, 0.25) is 11.8 Å². The standard InChI is InChI=1S/C8H14N2O2/c1-4(2)6-8(12)9-5(3)7(11)10-6/h4-6H,1-3H3,(H,9,12)(H,10,11)/t5-,6-/m1/s1. The maximum absolute atomic E-state index is 11.3. The lowest BCUT2D eigenvalue weighted by Crippen LogP contribution is -2.62. The Hall–Kier alpha value is -1.06. The molecule has 4 nitrogen and oxygen atoms in total. The molecule has 0 saturated carbocycles. The summed E-state index contributed by atoms with van der Waals surface area (Å²) in [5, 5.41) is 5.27. The van der Waals surface area contributed by atoms with Crippen LogP contribution in [-0.4, -0.2) is 23.9 Å². The molecular formula is C8H14N2O2. The minimum Gasteiger partial charge on any atom is -0.343 e. The monoisotopic (exact) mass is 170 g/mol. The number of rotatable bonds is 1. The Labute approximate surface area is 71.7 Å². The minimum absolute atomic E-state index is 0.0860. The van der Waals surface area contributed by atoms with Gasteiger partial charge in [0, 0.05) is 0 Å². The molecule has 0 unspecified atom stereocenters. The highest BCUT2D eigenvalue weighted by atomic mass is 16.2. The van der Waals surface area contributed by atoms with Crippen LogP contribution in [0.2, 0.25) is 0 Å². The van der Waals surface area contributed by atoms with Gasteiger partial charge in [0.05, 0.1) is 0 Å². The van der Waals surface area contributed by atoms with E-state index in [0.29, 0.717) is 0 Å². The third-order valence-corrected chi connectivity index (χ3v) is 2.00. The molecule has 2 N–H and O–H groups in total. The summed E-state index contributed by atoms with van der Waals surface area (Å²) in [6.45, 7) is 5.48. The van der Waals surface area contributed by atoms with E-state index in [2.05, 4.69) is 10.6 Å². The predicted octanol–water partition coefficient (Wildman–Crippen LogP) is -0.355. The van der Waals surface area contributed by atoms with Crippen LogP contribution in [-0.2, 0) is 9.59 Å². The van der Waals surface area contributed by atoms with Gasteiger partial charge in [-0.1, -0.05) is 13.8 Å². The van der Waals surface area contributed by atoms with Gasteiger partial charge in [-0.3, -0.25) is 9.59 Å². The van der Waals surface area contributed by atoms with Gasteiger partial charge in [0.1, 0.15) is 12.1 Å². The molecular weight excluding hydrogens is 156 g/mol. The average molecular weight is 170 g/mol. The summed E-state index contributed by atoms with van der Waals surface area (Å²) < 4.78 is 0. The van der Waals surface area contributed by atoms with Crippen LogP contribution in [0.1, 0.15) is 20.8 Å². The molecule has 1 rings (SSSR count). The Balaban J connectivity index is 2.68. The molecule has 1 heterocycles. The number of hydrogen-bond donors (Lipinski definition) is 2. The lowest BCUT2D eigenvalue weighted by atomic mass is 10.0. The largest absolute Gasteiger partial charge is 0.343 e. The summed E-state index contributed by atoms with van der Waals surface area (Å²) in [6.07, 6.45) is 0. The van der Waals surface area contributed by atoms with Crippen molar-refractivity contribution in [2.75, 3.05) is 0 Å². The van der Waals surface area contributed by atoms with Crippen LogP contribution >= 0.6 is 0 Å². The average Bonchev–Trinajstić information content (AvgIpc) is 1.96. The Morgan fingerprint density at radius 3 is 2.25 bits per heavy atom. The normalized spacial score (nSPS) is 30.0. The molecule has 1 saturated heterocycles. The number of carbonyl (C=O) groups excluding carboxylic acids is 2. The van der Waals surface area contributed by atoms with E-state index in [9.17, 15) is 9.59 Å². The second-order valence-electron chi connectivity index (χ2n) is 3.46. The van der Waals surface area contributed by atoms with E-state index in [4.69, 9.17) is 0 Å². The van der Waals surface area contributed by atoms with E-state index >= 15 is 0 Å². The fraction of sp³-hybridized carbons (Fsp3) is 0.750. The van der Waals surface area contributed by atoms with E-state index in [1.165, 1.54) is 0 Å². The number of amides is 2. The fourth-order valence-corrected chi connectivity index (χ4v) is 1.18. The third kappa shape index (κ3) is 1.57. The smallest absolute Gasteiger partial charge is 0.243 e. The molecule has 0 bridgehead atoms. The van der Waals surface area contributed by atoms with Crippen molar-refractivity contribution in [3.05, 3.63) is 0 Å². The van der Waals surface area contributed by atoms with E-state index in [1.807, 2.05) is 13.8 Å². The van der Waals surface area contributed by atoms with Gasteiger partial charge in [0.25, 0.3) is 0 Å². The zero-order chi connectivity index (χ0) is 9.30. The van der Waals surface area contributed by atoms with Crippen LogP contribution < -0.4 is 10.6 Å². The fourth-order valence-electron chi connectivity index (χ4n) is 1.18. The van der Waals surface area contributed by atoms with Crippen molar-refractivity contribution in [2.24, 2.45) is 5.92 Å². The van der Waals surface area contributed by atoms with E-state index in [1.54, 1.807) is 6.92 Å². The number of hydrogen-bond acceptors (Lipinski definition) is 2. The first kappa shape index (κ1) is 9.03. The summed E-state index contributed by atoms with van der Waals surface area (Å²) >= 11 is 0. The first-order chi connectivity index (χ1) is 5.52. The van der Waals surface area contributed by atoms with Crippen LogP contribution in [0, 0.1) is 5.92 Å². The van der Waals surface area contributed by atoms with Gasteiger partial charge < -0.3 is 10.6 Å². The maximum Gasteiger partial charge on any atom is 0.243 e. The molecule has 0 aromatic rings. The third-order valence-electron chi connectivity index (χ3n) is 2.00. The number of carbonyl (C=O) groups is 2. The Kier molecular flexibility index (Phi) is 2.35. The highest BCUT2D eigenvalue weighted by molar-refractivity contribution is 5.96. The highest BCUT2D eigenvalue weighted by Gasteiger charge is 2.32. The number of piperazine rings is 1. The summed E-state index contributed by atoms with van der Waals surface area (Å²) in [6, 6.07) is -0.763. The second-order valence-corrected chi connectivity index (χ2v) is 3.46. The quantitative estimate of drug-likeness (QED) is 0.565. The van der Waals surface area contributed by atoms with Crippen LogP contribution in [0.15, 0.2) is 0 Å². The molecule has 4 heteroatoms. The van der Waals surface area contributed by atoms with Gasteiger partial charge in [-0.15, -0.1) is 0 Å². The van der Waals surface area contributed by atoms with Crippen molar-refractivity contribution in [1.29, 1.82) is 0 Å². The van der Waals surface area contributed by atoms with E-state index in [0.717, 1.165) is 0 Å². The topological polar surface area (TPSA) is 58.2 Å². The van der Waals surface area contributed by atoms with Crippen molar-refractivity contribution in [3.8, 4) is 0 Å². The summed E-state index contributed by atoms with van der Waals surface area (Å²) in [4.78, 5) is 22.4. The molecule has 0 aromatic heterocycles. The molecule has 12 heavy (non-hydrogen) atoms. The van der Waals surface area contributed by atoms with Crippen molar-refractivity contribution >= 4 is 11.8 Å². The zero-order valence-electron chi connectivity index (χ0n) is 7.55. The van der Waals surface area contributed by atoms with Crippen molar-refractivity contribution in [2.45, 2.75) is 32.9 Å². The molecule has 0 aliphatic carbocycles. The number of nitrogens with one attached hydrogen (secondary N) is 2. The van der Waals surface area contributed by atoms with Crippen molar-refractivity contribution in [3.63, 3.8) is 0 Å². The minimum atomic E-state index is -0.396. The van der Waals surface area contributed by atoms with Crippen LogP contribution in [0.4, 0.5) is 0 Å². The molecule has 2 atom stereocenters. The molecule has 1 fully saturated rings. The molecule has 0 aromatic carbocycles. The van der Waals surface area contributed by atoms with Crippen LogP contribution in [0.5, 0.6) is 0 Å². The lowest BCUT2D eigenvalue weighted by Gasteiger charge is -2.29. The van der Waals surface area contributed by atoms with Gasteiger partial charge in [-0.2, -0.15) is 0 Å². The highest BCUT2D eigenvalue weighted by Crippen LogP contribution is 2.06. The van der Waals surface area contributed by atoms with E-state index in [-0.39, 0.29) is 23.8 Å². The van der Waals surface area contributed by atoms with E-state index < -0.39 is 6.04 Å². The summed E-state index contributed by atoms with van der Waals surface area (Å²) in [5.41, 5.74) is 0. The predicted molar refractivity (Wildman–Crippen MR) is 44.4 cm³/mol. The van der Waals surface area contributed by atoms with Crippen molar-refractivity contribution < 1.29 is 9.59 Å². The maximum atomic E-state index is 11.3. The van der Waals surface area contributed by atoms with Gasteiger partial charge in [-0.25, -0.2) is 0 Å². The van der Waals surface area contributed by atoms with Gasteiger partial charge in [0.15, 0.2) is 0 Å². The Bertz CT molecular complexity index is 213. The van der Waals surface area contributed by atoms with Crippen LogP contribution in [0.3, 0.4) is 0 Å². The van der Waals surface area contributed by atoms with Gasteiger partial charge in [-0.05, 0) is 12.8 Å². The summed E-state index contributed by atoms with van der Waals surface area (Å²) in [7, 11) is 0. The second kappa shape index (κ2) is 3.13. The first-order valence-electron chi connectivity index (χ1n) is 4.13. The Morgan fingerprint density at radius 2 is 1.75 bits per heavy atom. The zero-order valence-corrected chi connectivity index (χ0v) is 7.55. The lowest BCUT2D eigenvalue weighted by molar-refractivity contribution is -0.137. The molecule has 2 amide bonds. The molecule has 0 radical (unpaired) electrons. The summed E-state index contributed by atoms with van der Waals surface area (Å²) in [5.74, 6) is -0.0492. The first-order valence-corrected chi connectivity index (χ1v) is 4.13. The molecule has 1 aliphatic heterocycles. The molecule has 0 spiro atoms. The SMILES string of the molecule is CC(C)[C@H]1NC(=O)[C@@H](C)NC1=O. The molecule has 68 valence electrons. The van der Waals surface area contributed by atoms with Crippen molar-refractivity contribution in [1.82, 2.24) is 10.6 Å². The molecule has 1 aliphatic rings. The van der Waals surface area contributed by atoms with Gasteiger partial charge >= 0.3 is 0 Å².